The Morgan fingerprint density at radius 1 is 1.19 bits per heavy atom. The number of aliphatic hydroxyl groups is 1. The largest absolute Gasteiger partial charge is 0.447 e. The topological polar surface area (TPSA) is 33.4 Å². The maximum absolute atomic E-state index is 13.3. The standard InChI is InChI=1S/C11H7ClF2O2/c12-10-4-3-9(16-10)11(15)7-5-6(13)1-2-8(7)14/h1-5,11,15H. The third-order valence-electron chi connectivity index (χ3n) is 2.12. The Bertz CT molecular complexity index is 510. The lowest BCUT2D eigenvalue weighted by molar-refractivity contribution is 0.184. The van der Waals surface area contributed by atoms with Crippen molar-refractivity contribution in [1.29, 1.82) is 0 Å². The molecule has 0 saturated carbocycles. The molecule has 0 amide bonds. The first-order valence-corrected chi connectivity index (χ1v) is 4.84. The quantitative estimate of drug-likeness (QED) is 0.879. The molecule has 0 saturated heterocycles. The lowest BCUT2D eigenvalue weighted by Gasteiger charge is -2.09. The van der Waals surface area contributed by atoms with Gasteiger partial charge in [0.05, 0.1) is 0 Å². The summed E-state index contributed by atoms with van der Waals surface area (Å²) in [5, 5.41) is 9.83. The minimum atomic E-state index is -1.37. The highest BCUT2D eigenvalue weighted by molar-refractivity contribution is 6.28. The van der Waals surface area contributed by atoms with Crippen LogP contribution in [0.1, 0.15) is 17.4 Å². The van der Waals surface area contributed by atoms with E-state index in [4.69, 9.17) is 16.0 Å². The summed E-state index contributed by atoms with van der Waals surface area (Å²) in [4.78, 5) is 0. The normalized spacial score (nSPS) is 12.8. The average Bonchev–Trinajstić information content (AvgIpc) is 2.67. The van der Waals surface area contributed by atoms with Crippen molar-refractivity contribution in [1.82, 2.24) is 0 Å². The lowest BCUT2D eigenvalue weighted by atomic mass is 10.1. The van der Waals surface area contributed by atoms with Gasteiger partial charge in [0.1, 0.15) is 23.5 Å². The van der Waals surface area contributed by atoms with Gasteiger partial charge in [-0.1, -0.05) is 0 Å². The number of benzene rings is 1. The molecule has 0 aliphatic rings. The smallest absolute Gasteiger partial charge is 0.193 e. The Kier molecular flexibility index (Phi) is 2.94. The molecule has 1 N–H and O–H groups in total. The van der Waals surface area contributed by atoms with E-state index in [-0.39, 0.29) is 16.5 Å². The van der Waals surface area contributed by atoms with Crippen molar-refractivity contribution in [3.05, 3.63) is 58.5 Å². The first-order chi connectivity index (χ1) is 7.58. The molecule has 0 aliphatic carbocycles. The maximum atomic E-state index is 13.3. The van der Waals surface area contributed by atoms with E-state index >= 15 is 0 Å². The second-order valence-corrected chi connectivity index (χ2v) is 3.58. The molecule has 16 heavy (non-hydrogen) atoms. The van der Waals surface area contributed by atoms with Crippen molar-refractivity contribution in [3.8, 4) is 0 Å². The zero-order valence-corrected chi connectivity index (χ0v) is 8.71. The molecule has 0 spiro atoms. The van der Waals surface area contributed by atoms with Crippen LogP contribution in [0.25, 0.3) is 0 Å². The number of hydrogen-bond donors (Lipinski definition) is 1. The van der Waals surface area contributed by atoms with E-state index in [0.717, 1.165) is 18.2 Å². The number of aliphatic hydroxyl groups excluding tert-OH is 1. The predicted molar refractivity (Wildman–Crippen MR) is 54.1 cm³/mol. The van der Waals surface area contributed by atoms with Gasteiger partial charge in [-0.15, -0.1) is 0 Å². The Morgan fingerprint density at radius 3 is 2.56 bits per heavy atom. The summed E-state index contributed by atoms with van der Waals surface area (Å²) in [5.41, 5.74) is -0.189. The molecule has 5 heteroatoms. The van der Waals surface area contributed by atoms with Crippen molar-refractivity contribution in [2.24, 2.45) is 0 Å². The van der Waals surface area contributed by atoms with Crippen molar-refractivity contribution in [2.75, 3.05) is 0 Å². The number of hydrogen-bond acceptors (Lipinski definition) is 2. The van der Waals surface area contributed by atoms with E-state index in [0.29, 0.717) is 0 Å². The minimum Gasteiger partial charge on any atom is -0.447 e. The van der Waals surface area contributed by atoms with Gasteiger partial charge < -0.3 is 9.52 Å². The summed E-state index contributed by atoms with van der Waals surface area (Å²) in [7, 11) is 0. The molecular weight excluding hydrogens is 238 g/mol. The van der Waals surface area contributed by atoms with Crippen molar-refractivity contribution in [3.63, 3.8) is 0 Å². The van der Waals surface area contributed by atoms with Crippen LogP contribution in [-0.4, -0.2) is 5.11 Å². The molecule has 1 heterocycles. The molecule has 0 fully saturated rings. The van der Waals surface area contributed by atoms with Crippen LogP contribution in [-0.2, 0) is 0 Å². The zero-order valence-electron chi connectivity index (χ0n) is 7.95. The fourth-order valence-corrected chi connectivity index (χ4v) is 1.50. The van der Waals surface area contributed by atoms with Crippen LogP contribution in [0.3, 0.4) is 0 Å². The fraction of sp³-hybridized carbons (Fsp3) is 0.0909. The van der Waals surface area contributed by atoms with Gasteiger partial charge in [0.2, 0.25) is 0 Å². The Balaban J connectivity index is 2.40. The van der Waals surface area contributed by atoms with Gasteiger partial charge in [0.15, 0.2) is 5.22 Å². The van der Waals surface area contributed by atoms with Gasteiger partial charge in [-0.25, -0.2) is 8.78 Å². The van der Waals surface area contributed by atoms with E-state index in [1.54, 1.807) is 0 Å². The number of rotatable bonds is 2. The third kappa shape index (κ3) is 2.08. The zero-order chi connectivity index (χ0) is 11.7. The van der Waals surface area contributed by atoms with Crippen LogP contribution in [0.4, 0.5) is 8.78 Å². The van der Waals surface area contributed by atoms with Gasteiger partial charge in [0, 0.05) is 5.56 Å². The Hall–Kier alpha value is -1.39. The van der Waals surface area contributed by atoms with E-state index < -0.39 is 17.7 Å². The van der Waals surface area contributed by atoms with Gasteiger partial charge >= 0.3 is 0 Å². The van der Waals surface area contributed by atoms with Crippen molar-refractivity contribution >= 4 is 11.6 Å². The molecule has 84 valence electrons. The summed E-state index contributed by atoms with van der Waals surface area (Å²) in [6.45, 7) is 0. The molecule has 0 aliphatic heterocycles. The second kappa shape index (κ2) is 4.23. The predicted octanol–water partition coefficient (Wildman–Crippen LogP) is 3.29. The SMILES string of the molecule is OC(c1ccc(Cl)o1)c1cc(F)ccc1F. The molecule has 1 unspecified atom stereocenters. The monoisotopic (exact) mass is 244 g/mol. The molecule has 0 radical (unpaired) electrons. The highest BCUT2D eigenvalue weighted by Gasteiger charge is 2.18. The van der Waals surface area contributed by atoms with E-state index in [9.17, 15) is 13.9 Å². The maximum Gasteiger partial charge on any atom is 0.193 e. The van der Waals surface area contributed by atoms with Crippen LogP contribution in [0, 0.1) is 11.6 Å². The molecule has 1 atom stereocenters. The Labute approximate surface area is 95.1 Å². The van der Waals surface area contributed by atoms with E-state index in [1.165, 1.54) is 12.1 Å². The third-order valence-corrected chi connectivity index (χ3v) is 2.32. The molecule has 0 bridgehead atoms. The fourth-order valence-electron chi connectivity index (χ4n) is 1.35. The summed E-state index contributed by atoms with van der Waals surface area (Å²) in [6, 6.07) is 5.64. The van der Waals surface area contributed by atoms with Gasteiger partial charge in [-0.2, -0.15) is 0 Å². The van der Waals surface area contributed by atoms with Crippen LogP contribution < -0.4 is 0 Å². The van der Waals surface area contributed by atoms with Crippen molar-refractivity contribution < 1.29 is 18.3 Å². The minimum absolute atomic E-state index is 0.0644. The summed E-state index contributed by atoms with van der Waals surface area (Å²) >= 11 is 5.52. The highest BCUT2D eigenvalue weighted by Crippen LogP contribution is 2.27. The molecule has 2 aromatic rings. The van der Waals surface area contributed by atoms with E-state index in [2.05, 4.69) is 0 Å². The van der Waals surface area contributed by atoms with Crippen molar-refractivity contribution in [2.45, 2.75) is 6.10 Å². The number of furan rings is 1. The molecule has 2 nitrogen and oxygen atoms in total. The summed E-state index contributed by atoms with van der Waals surface area (Å²) in [5.74, 6) is -1.27. The van der Waals surface area contributed by atoms with E-state index in [1.807, 2.05) is 0 Å². The highest BCUT2D eigenvalue weighted by atomic mass is 35.5. The van der Waals surface area contributed by atoms with Gasteiger partial charge in [0.25, 0.3) is 0 Å². The second-order valence-electron chi connectivity index (χ2n) is 3.21. The molecule has 2 rings (SSSR count). The molecule has 1 aromatic heterocycles. The van der Waals surface area contributed by atoms with Crippen LogP contribution in [0.2, 0.25) is 5.22 Å². The molecule has 1 aromatic carbocycles. The van der Waals surface area contributed by atoms with Gasteiger partial charge in [-0.05, 0) is 41.9 Å². The first kappa shape index (κ1) is 11.1. The van der Waals surface area contributed by atoms with Crippen LogP contribution in [0.5, 0.6) is 0 Å². The summed E-state index contributed by atoms with van der Waals surface area (Å²) in [6.07, 6.45) is -1.37. The van der Waals surface area contributed by atoms with Gasteiger partial charge in [-0.3, -0.25) is 0 Å². The number of halogens is 3. The lowest BCUT2D eigenvalue weighted by Crippen LogP contribution is -2.02. The first-order valence-electron chi connectivity index (χ1n) is 4.46. The molecular formula is C11H7ClF2O2. The summed E-state index contributed by atoms with van der Waals surface area (Å²) < 4.78 is 31.1. The van der Waals surface area contributed by atoms with Crippen LogP contribution in [0.15, 0.2) is 34.7 Å². The van der Waals surface area contributed by atoms with Crippen LogP contribution >= 0.6 is 11.6 Å². The Morgan fingerprint density at radius 2 is 1.94 bits per heavy atom. The average molecular weight is 245 g/mol.